The van der Waals surface area contributed by atoms with Crippen LogP contribution in [-0.4, -0.2) is 60.3 Å². The average molecular weight is 715 g/mol. The smallest absolute Gasteiger partial charge is 0.408 e. The number of benzene rings is 3. The number of alkyl carbamates (subject to hydrolysis) is 1. The second kappa shape index (κ2) is 20.8. The van der Waals surface area contributed by atoms with Gasteiger partial charge < -0.3 is 35.8 Å². The molecule has 0 radical (unpaired) electrons. The van der Waals surface area contributed by atoms with Crippen LogP contribution in [0.1, 0.15) is 75.5 Å². The number of hydrogen-bond donors (Lipinski definition) is 5. The minimum atomic E-state index is -1.30. The molecule has 0 heterocycles. The van der Waals surface area contributed by atoms with Gasteiger partial charge in [-0.3, -0.25) is 14.4 Å². The SMILES string of the molecule is COc1ccccc1CNC(=O)[C@H](CC1CCCCC1)NC(=O)C[C@H](O)[C@H](Cc1ccccc1)NC(=O)[C@@H](NC(=O)OCc1ccccc1)C(C)C. The quantitative estimate of drug-likeness (QED) is 0.121. The number of para-hydroxylation sites is 1. The van der Waals surface area contributed by atoms with Crippen molar-refractivity contribution in [3.63, 3.8) is 0 Å². The summed E-state index contributed by atoms with van der Waals surface area (Å²) >= 11 is 0. The number of hydrogen-bond acceptors (Lipinski definition) is 7. The Morgan fingerprint density at radius 3 is 2.08 bits per heavy atom. The highest BCUT2D eigenvalue weighted by molar-refractivity contribution is 5.88. The van der Waals surface area contributed by atoms with Crippen LogP contribution in [0.2, 0.25) is 0 Å². The van der Waals surface area contributed by atoms with Crippen molar-refractivity contribution in [1.82, 2.24) is 21.3 Å². The molecule has 4 rings (SSSR count). The molecule has 3 aromatic rings. The van der Waals surface area contributed by atoms with E-state index >= 15 is 0 Å². The fourth-order valence-electron chi connectivity index (χ4n) is 6.58. The van der Waals surface area contributed by atoms with E-state index in [0.29, 0.717) is 18.1 Å². The van der Waals surface area contributed by atoms with Crippen molar-refractivity contribution in [1.29, 1.82) is 0 Å². The third-order valence-electron chi connectivity index (χ3n) is 9.51. The van der Waals surface area contributed by atoms with E-state index in [9.17, 15) is 24.3 Å². The van der Waals surface area contributed by atoms with E-state index in [-0.39, 0.29) is 37.8 Å². The summed E-state index contributed by atoms with van der Waals surface area (Å²) in [5, 5.41) is 22.9. The van der Waals surface area contributed by atoms with Gasteiger partial charge in [0, 0.05) is 12.1 Å². The standard InChI is InChI=1S/C41H54N4O7/c1-28(2)38(45-41(50)52-27-31-19-11-6-12-20-31)40(49)44-33(23-29-15-7-4-8-16-29)35(46)25-37(47)43-34(24-30-17-9-5-10-18-30)39(48)42-26-32-21-13-14-22-36(32)51-3/h4,6-8,11-16,19-22,28,30,33-35,38,46H,5,9-10,17-18,23-27H2,1-3H3,(H,42,48)(H,43,47)(H,44,49)(H,45,50)/t33-,34-,35-,38-/m0/s1. The largest absolute Gasteiger partial charge is 0.496 e. The number of aliphatic hydroxyl groups is 1. The molecule has 52 heavy (non-hydrogen) atoms. The Labute approximate surface area is 307 Å². The van der Waals surface area contributed by atoms with Crippen molar-refractivity contribution in [2.45, 2.75) is 103 Å². The van der Waals surface area contributed by atoms with Crippen LogP contribution >= 0.6 is 0 Å². The number of nitrogens with one attached hydrogen (secondary N) is 4. The molecular formula is C41H54N4O7. The molecule has 4 atom stereocenters. The molecule has 0 aromatic heterocycles. The number of ether oxygens (including phenoxy) is 2. The summed E-state index contributed by atoms with van der Waals surface area (Å²) in [6.45, 7) is 3.87. The van der Waals surface area contributed by atoms with Gasteiger partial charge in [0.05, 0.1) is 25.7 Å². The minimum Gasteiger partial charge on any atom is -0.496 e. The van der Waals surface area contributed by atoms with E-state index in [1.54, 1.807) is 21.0 Å². The fraction of sp³-hybridized carbons (Fsp3) is 0.463. The molecule has 11 heteroatoms. The zero-order valence-electron chi connectivity index (χ0n) is 30.5. The van der Waals surface area contributed by atoms with Gasteiger partial charge in [-0.05, 0) is 41.9 Å². The highest BCUT2D eigenvalue weighted by atomic mass is 16.5. The molecule has 0 saturated heterocycles. The second-order valence-electron chi connectivity index (χ2n) is 13.9. The van der Waals surface area contributed by atoms with Crippen LogP contribution in [0.15, 0.2) is 84.9 Å². The second-order valence-corrected chi connectivity index (χ2v) is 13.9. The Morgan fingerprint density at radius 1 is 0.788 bits per heavy atom. The first kappa shape index (κ1) is 39.9. The fourth-order valence-corrected chi connectivity index (χ4v) is 6.58. The van der Waals surface area contributed by atoms with Crippen LogP contribution < -0.4 is 26.0 Å². The Balaban J connectivity index is 1.42. The average Bonchev–Trinajstić information content (AvgIpc) is 3.15. The van der Waals surface area contributed by atoms with Gasteiger partial charge in [-0.1, -0.05) is 125 Å². The van der Waals surface area contributed by atoms with E-state index in [4.69, 9.17) is 9.47 Å². The normalized spacial score (nSPS) is 15.4. The highest BCUT2D eigenvalue weighted by Crippen LogP contribution is 2.28. The van der Waals surface area contributed by atoms with Gasteiger partial charge in [0.15, 0.2) is 0 Å². The summed E-state index contributed by atoms with van der Waals surface area (Å²) in [5.41, 5.74) is 2.46. The maximum absolute atomic E-state index is 13.7. The molecule has 280 valence electrons. The molecule has 0 bridgehead atoms. The van der Waals surface area contributed by atoms with Crippen molar-refractivity contribution < 1.29 is 33.8 Å². The van der Waals surface area contributed by atoms with Gasteiger partial charge in [-0.15, -0.1) is 0 Å². The van der Waals surface area contributed by atoms with Gasteiger partial charge in [0.1, 0.15) is 24.4 Å². The summed E-state index contributed by atoms with van der Waals surface area (Å²) in [4.78, 5) is 53.5. The predicted molar refractivity (Wildman–Crippen MR) is 199 cm³/mol. The van der Waals surface area contributed by atoms with Crippen molar-refractivity contribution in [2.24, 2.45) is 11.8 Å². The first-order chi connectivity index (χ1) is 25.1. The third kappa shape index (κ3) is 13.0. The maximum Gasteiger partial charge on any atom is 0.408 e. The molecular weight excluding hydrogens is 660 g/mol. The molecule has 11 nitrogen and oxygen atoms in total. The number of rotatable bonds is 18. The van der Waals surface area contributed by atoms with E-state index < -0.39 is 42.1 Å². The molecule has 1 aliphatic rings. The van der Waals surface area contributed by atoms with E-state index in [1.807, 2.05) is 84.9 Å². The van der Waals surface area contributed by atoms with Crippen molar-refractivity contribution >= 4 is 23.8 Å². The Bertz CT molecular complexity index is 1560. The topological polar surface area (TPSA) is 155 Å². The van der Waals surface area contributed by atoms with Crippen molar-refractivity contribution in [2.75, 3.05) is 7.11 Å². The minimum absolute atomic E-state index is 0.0454. The zero-order chi connectivity index (χ0) is 37.3. The molecule has 1 saturated carbocycles. The lowest BCUT2D eigenvalue weighted by molar-refractivity contribution is -0.131. The number of carbonyl (C=O) groups excluding carboxylic acids is 4. The van der Waals surface area contributed by atoms with Crippen LogP contribution in [-0.2, 0) is 38.7 Å². The van der Waals surface area contributed by atoms with Crippen LogP contribution in [0.3, 0.4) is 0 Å². The van der Waals surface area contributed by atoms with Gasteiger partial charge in [0.2, 0.25) is 17.7 Å². The van der Waals surface area contributed by atoms with Gasteiger partial charge in [-0.2, -0.15) is 0 Å². The first-order valence-electron chi connectivity index (χ1n) is 18.3. The van der Waals surface area contributed by atoms with E-state index in [2.05, 4.69) is 21.3 Å². The zero-order valence-corrected chi connectivity index (χ0v) is 30.5. The third-order valence-corrected chi connectivity index (χ3v) is 9.51. The summed E-state index contributed by atoms with van der Waals surface area (Å²) in [6, 6.07) is 23.3. The Hall–Kier alpha value is -4.90. The Kier molecular flexibility index (Phi) is 16.0. The van der Waals surface area contributed by atoms with Crippen molar-refractivity contribution in [3.8, 4) is 5.75 Å². The first-order valence-corrected chi connectivity index (χ1v) is 18.3. The molecule has 3 aromatic carbocycles. The summed E-state index contributed by atoms with van der Waals surface area (Å²) in [5.74, 6) is -0.681. The highest BCUT2D eigenvalue weighted by Gasteiger charge is 2.32. The lowest BCUT2D eigenvalue weighted by Gasteiger charge is -2.29. The summed E-state index contributed by atoms with van der Waals surface area (Å²) < 4.78 is 10.8. The Morgan fingerprint density at radius 2 is 1.42 bits per heavy atom. The number of aliphatic hydroxyl groups excluding tert-OH is 1. The molecule has 0 spiro atoms. The van der Waals surface area contributed by atoms with E-state index in [0.717, 1.165) is 48.8 Å². The molecule has 1 fully saturated rings. The van der Waals surface area contributed by atoms with Crippen molar-refractivity contribution in [3.05, 3.63) is 102 Å². The maximum atomic E-state index is 13.7. The summed E-state index contributed by atoms with van der Waals surface area (Å²) in [6.07, 6.45) is 3.65. The number of amides is 4. The molecule has 4 amide bonds. The molecule has 1 aliphatic carbocycles. The van der Waals surface area contributed by atoms with Crippen LogP contribution in [0, 0.1) is 11.8 Å². The van der Waals surface area contributed by atoms with Crippen LogP contribution in [0.4, 0.5) is 4.79 Å². The molecule has 5 N–H and O–H groups in total. The van der Waals surface area contributed by atoms with Crippen LogP contribution in [0.25, 0.3) is 0 Å². The van der Waals surface area contributed by atoms with Gasteiger partial charge in [-0.25, -0.2) is 4.79 Å². The van der Waals surface area contributed by atoms with Crippen LogP contribution in [0.5, 0.6) is 5.75 Å². The predicted octanol–water partition coefficient (Wildman–Crippen LogP) is 5.20. The lowest BCUT2D eigenvalue weighted by atomic mass is 9.84. The monoisotopic (exact) mass is 714 g/mol. The van der Waals surface area contributed by atoms with Gasteiger partial charge in [0.25, 0.3) is 0 Å². The lowest BCUT2D eigenvalue weighted by Crippen LogP contribution is -2.56. The van der Waals surface area contributed by atoms with Gasteiger partial charge >= 0.3 is 6.09 Å². The summed E-state index contributed by atoms with van der Waals surface area (Å²) in [7, 11) is 1.58. The number of methoxy groups -OCH3 is 1. The van der Waals surface area contributed by atoms with E-state index in [1.165, 1.54) is 0 Å². The molecule has 0 aliphatic heterocycles. The molecule has 0 unspecified atom stereocenters. The number of carbonyl (C=O) groups is 4.